The fourth-order valence-electron chi connectivity index (χ4n) is 2.93. The van der Waals surface area contributed by atoms with Gasteiger partial charge in [-0.25, -0.2) is 9.78 Å². The molecule has 0 unspecified atom stereocenters. The number of hydrogen-bond acceptors (Lipinski definition) is 7. The summed E-state index contributed by atoms with van der Waals surface area (Å²) < 4.78 is 5.06. The highest BCUT2D eigenvalue weighted by Crippen LogP contribution is 2.24. The number of anilines is 2. The third kappa shape index (κ3) is 4.13. The van der Waals surface area contributed by atoms with Crippen molar-refractivity contribution in [1.82, 2.24) is 14.9 Å². The van der Waals surface area contributed by atoms with E-state index in [0.717, 1.165) is 16.7 Å². The van der Waals surface area contributed by atoms with E-state index >= 15 is 0 Å². The largest absolute Gasteiger partial charge is 0.450 e. The van der Waals surface area contributed by atoms with Gasteiger partial charge in [0.2, 0.25) is 5.95 Å². The topological polar surface area (TPSA) is 90.8 Å². The van der Waals surface area contributed by atoms with Gasteiger partial charge in [0.15, 0.2) is 0 Å². The molecule has 1 amide bonds. The molecule has 0 atom stereocenters. The lowest BCUT2D eigenvalue weighted by Crippen LogP contribution is -2.49. The number of fused-ring (bicyclic) bond motifs is 1. The maximum atomic E-state index is 11.8. The van der Waals surface area contributed by atoms with Crippen LogP contribution in [0.4, 0.5) is 16.6 Å². The fourth-order valence-corrected chi connectivity index (χ4v) is 2.93. The zero-order valence-electron chi connectivity index (χ0n) is 15.0. The predicted octanol–water partition coefficient (Wildman–Crippen LogP) is 1.70. The molecule has 0 aliphatic carbocycles. The number of aliphatic hydroxyl groups is 1. The van der Waals surface area contributed by atoms with Gasteiger partial charge >= 0.3 is 6.09 Å². The van der Waals surface area contributed by atoms with Crippen LogP contribution in [0.2, 0.25) is 0 Å². The molecule has 8 nitrogen and oxygen atoms in total. The van der Waals surface area contributed by atoms with E-state index in [1.54, 1.807) is 4.90 Å². The second-order valence-corrected chi connectivity index (χ2v) is 6.07. The van der Waals surface area contributed by atoms with Gasteiger partial charge in [0.25, 0.3) is 0 Å². The third-order valence-electron chi connectivity index (χ3n) is 4.31. The number of piperazine rings is 1. The van der Waals surface area contributed by atoms with E-state index in [0.29, 0.717) is 51.7 Å². The van der Waals surface area contributed by atoms with Gasteiger partial charge in [0.1, 0.15) is 5.82 Å². The Morgan fingerprint density at radius 2 is 2.00 bits per heavy atom. The quantitative estimate of drug-likeness (QED) is 0.759. The molecule has 8 heteroatoms. The molecule has 0 radical (unpaired) electrons. The van der Waals surface area contributed by atoms with Gasteiger partial charge in [-0.15, -0.1) is 0 Å². The zero-order valence-corrected chi connectivity index (χ0v) is 15.0. The Balaban J connectivity index is 1.76. The van der Waals surface area contributed by atoms with Crippen LogP contribution in [0.1, 0.15) is 13.3 Å². The van der Waals surface area contributed by atoms with Crippen LogP contribution in [0.5, 0.6) is 0 Å². The molecular formula is C18H25N5O3. The molecule has 1 fully saturated rings. The molecule has 0 spiro atoms. The minimum absolute atomic E-state index is 0.138. The molecule has 3 rings (SSSR count). The summed E-state index contributed by atoms with van der Waals surface area (Å²) in [6.45, 7) is 5.47. The maximum absolute atomic E-state index is 11.8. The van der Waals surface area contributed by atoms with Crippen molar-refractivity contribution in [2.45, 2.75) is 13.3 Å². The van der Waals surface area contributed by atoms with Crippen LogP contribution >= 0.6 is 0 Å². The first kappa shape index (κ1) is 18.2. The van der Waals surface area contributed by atoms with Crippen LogP contribution in [0.3, 0.4) is 0 Å². The number of nitrogens with zero attached hydrogens (tertiary/aromatic N) is 4. The molecule has 1 aromatic heterocycles. The van der Waals surface area contributed by atoms with Crippen LogP contribution in [0, 0.1) is 0 Å². The Kier molecular flexibility index (Phi) is 6.06. The van der Waals surface area contributed by atoms with E-state index in [1.807, 2.05) is 31.2 Å². The summed E-state index contributed by atoms with van der Waals surface area (Å²) in [5, 5.41) is 13.2. The Morgan fingerprint density at radius 1 is 1.23 bits per heavy atom. The lowest BCUT2D eigenvalue weighted by atomic mass is 10.2. The SMILES string of the molecule is CCOC(=O)N1CCN(c2nc(NCCCO)c3ccccc3n2)CC1. The van der Waals surface area contributed by atoms with E-state index in [4.69, 9.17) is 9.84 Å². The van der Waals surface area contributed by atoms with Gasteiger partial charge in [-0.3, -0.25) is 0 Å². The minimum Gasteiger partial charge on any atom is -0.450 e. The highest BCUT2D eigenvalue weighted by atomic mass is 16.6. The molecule has 0 saturated carbocycles. The number of aromatic nitrogens is 2. The van der Waals surface area contributed by atoms with Crippen molar-refractivity contribution in [2.75, 3.05) is 56.2 Å². The third-order valence-corrected chi connectivity index (χ3v) is 4.31. The number of carbonyl (C=O) groups is 1. The number of hydrogen-bond donors (Lipinski definition) is 2. The first-order valence-electron chi connectivity index (χ1n) is 9.01. The summed E-state index contributed by atoms with van der Waals surface area (Å²) in [7, 11) is 0. The lowest BCUT2D eigenvalue weighted by molar-refractivity contribution is 0.105. The summed E-state index contributed by atoms with van der Waals surface area (Å²) in [6, 6.07) is 7.86. The number of para-hydroxylation sites is 1. The fraction of sp³-hybridized carbons (Fsp3) is 0.500. The van der Waals surface area contributed by atoms with E-state index in [-0.39, 0.29) is 12.7 Å². The van der Waals surface area contributed by atoms with E-state index in [2.05, 4.69) is 20.2 Å². The summed E-state index contributed by atoms with van der Waals surface area (Å²) >= 11 is 0. The Labute approximate surface area is 152 Å². The predicted molar refractivity (Wildman–Crippen MR) is 101 cm³/mol. The molecule has 1 saturated heterocycles. The van der Waals surface area contributed by atoms with Gasteiger partial charge in [0.05, 0.1) is 12.1 Å². The number of benzene rings is 1. The van der Waals surface area contributed by atoms with Crippen molar-refractivity contribution in [3.8, 4) is 0 Å². The summed E-state index contributed by atoms with van der Waals surface area (Å²) in [6.07, 6.45) is 0.393. The molecule has 2 aromatic rings. The lowest BCUT2D eigenvalue weighted by Gasteiger charge is -2.34. The first-order chi connectivity index (χ1) is 12.7. The van der Waals surface area contributed by atoms with Gasteiger partial charge < -0.3 is 25.0 Å². The second kappa shape index (κ2) is 8.66. The maximum Gasteiger partial charge on any atom is 0.409 e. The van der Waals surface area contributed by atoms with Gasteiger partial charge in [0, 0.05) is 44.7 Å². The van der Waals surface area contributed by atoms with Crippen LogP contribution in [-0.4, -0.2) is 72.0 Å². The van der Waals surface area contributed by atoms with E-state index in [9.17, 15) is 4.79 Å². The van der Waals surface area contributed by atoms with Gasteiger partial charge in [-0.05, 0) is 25.5 Å². The monoisotopic (exact) mass is 359 g/mol. The van der Waals surface area contributed by atoms with Crippen molar-refractivity contribution in [3.05, 3.63) is 24.3 Å². The average Bonchev–Trinajstić information content (AvgIpc) is 2.68. The smallest absolute Gasteiger partial charge is 0.409 e. The van der Waals surface area contributed by atoms with E-state index in [1.165, 1.54) is 0 Å². The van der Waals surface area contributed by atoms with Gasteiger partial charge in [-0.2, -0.15) is 4.98 Å². The molecule has 1 aromatic carbocycles. The Bertz CT molecular complexity index is 747. The van der Waals surface area contributed by atoms with Crippen LogP contribution in [-0.2, 0) is 4.74 Å². The second-order valence-electron chi connectivity index (χ2n) is 6.07. The van der Waals surface area contributed by atoms with Crippen LogP contribution in [0.15, 0.2) is 24.3 Å². The van der Waals surface area contributed by atoms with Crippen molar-refractivity contribution < 1.29 is 14.6 Å². The standard InChI is InChI=1S/C18H25N5O3/c1-2-26-18(25)23-11-9-22(10-12-23)17-20-15-7-4-3-6-14(15)16(21-17)19-8-5-13-24/h3-4,6-7,24H,2,5,8-13H2,1H3,(H,19,20,21). The van der Waals surface area contributed by atoms with Gasteiger partial charge in [-0.1, -0.05) is 12.1 Å². The molecule has 140 valence electrons. The first-order valence-corrected chi connectivity index (χ1v) is 9.01. The summed E-state index contributed by atoms with van der Waals surface area (Å²) in [5.41, 5.74) is 0.872. The van der Waals surface area contributed by atoms with E-state index < -0.39 is 0 Å². The molecule has 2 N–H and O–H groups in total. The number of amides is 1. The Morgan fingerprint density at radius 3 is 2.73 bits per heavy atom. The number of aliphatic hydroxyl groups excluding tert-OH is 1. The molecule has 2 heterocycles. The normalized spacial score (nSPS) is 14.5. The molecule has 1 aliphatic heterocycles. The highest BCUT2D eigenvalue weighted by molar-refractivity contribution is 5.90. The molecule has 26 heavy (non-hydrogen) atoms. The average molecular weight is 359 g/mol. The van der Waals surface area contributed by atoms with Crippen LogP contribution < -0.4 is 10.2 Å². The Hall–Kier alpha value is -2.61. The van der Waals surface area contributed by atoms with Crippen molar-refractivity contribution in [2.24, 2.45) is 0 Å². The van der Waals surface area contributed by atoms with Crippen LogP contribution in [0.25, 0.3) is 10.9 Å². The summed E-state index contributed by atoms with van der Waals surface area (Å²) in [4.78, 5) is 25.0. The van der Waals surface area contributed by atoms with Crippen molar-refractivity contribution in [3.63, 3.8) is 0 Å². The van der Waals surface area contributed by atoms with Crippen molar-refractivity contribution >= 4 is 28.8 Å². The number of rotatable bonds is 6. The number of ether oxygens (including phenoxy) is 1. The summed E-state index contributed by atoms with van der Waals surface area (Å²) in [5.74, 6) is 1.42. The number of nitrogens with one attached hydrogen (secondary N) is 1. The molecule has 1 aliphatic rings. The van der Waals surface area contributed by atoms with Crippen molar-refractivity contribution in [1.29, 1.82) is 0 Å². The highest BCUT2D eigenvalue weighted by Gasteiger charge is 2.24. The minimum atomic E-state index is -0.266. The molecule has 0 bridgehead atoms. The zero-order chi connectivity index (χ0) is 18.4. The molecular weight excluding hydrogens is 334 g/mol. The number of carbonyl (C=O) groups excluding carboxylic acids is 1.